The second kappa shape index (κ2) is 3.16. The van der Waals surface area contributed by atoms with E-state index in [4.69, 9.17) is 0 Å². The molecule has 0 spiro atoms. The fourth-order valence-corrected chi connectivity index (χ4v) is 1.59. The van der Waals surface area contributed by atoms with Crippen LogP contribution in [0, 0.1) is 6.92 Å². The molecule has 0 aliphatic carbocycles. The molecule has 0 aliphatic heterocycles. The molecule has 0 aliphatic rings. The van der Waals surface area contributed by atoms with Crippen molar-refractivity contribution in [2.45, 2.75) is 6.92 Å². The molecule has 0 saturated heterocycles. The fraction of sp³-hybridized carbons (Fsp3) is 0.333. The smallest absolute Gasteiger partial charge is 0.0246 e. The van der Waals surface area contributed by atoms with E-state index in [-0.39, 0.29) is 7.92 Å². The fourth-order valence-electron chi connectivity index (χ4n) is 0.843. The molecule has 0 atom stereocenters. The maximum Gasteiger partial charge on any atom is -0.0246 e. The first-order valence-corrected chi connectivity index (χ1v) is 5.68. The lowest BCUT2D eigenvalue weighted by molar-refractivity contribution is 1.49. The standard InChI is InChI=1S/C9H13P/c1-8-4-6-9(7-5-8)10(2)3/h4-7H,1-3H3. The molecule has 1 aromatic rings. The lowest BCUT2D eigenvalue weighted by Crippen LogP contribution is -1.96. The van der Waals surface area contributed by atoms with E-state index < -0.39 is 0 Å². The van der Waals surface area contributed by atoms with Crippen molar-refractivity contribution < 1.29 is 0 Å². The molecule has 0 bridgehead atoms. The Kier molecular flexibility index (Phi) is 2.45. The molecule has 0 aromatic heterocycles. The molecule has 0 unspecified atom stereocenters. The van der Waals surface area contributed by atoms with Crippen LogP contribution in [0.15, 0.2) is 24.3 Å². The zero-order chi connectivity index (χ0) is 7.56. The van der Waals surface area contributed by atoms with Crippen molar-refractivity contribution >= 4 is 13.2 Å². The maximum absolute atomic E-state index is 2.28. The molecule has 1 rings (SSSR count). The highest BCUT2D eigenvalue weighted by Crippen LogP contribution is 2.22. The van der Waals surface area contributed by atoms with Crippen LogP contribution in [0.3, 0.4) is 0 Å². The predicted molar refractivity (Wildman–Crippen MR) is 49.6 cm³/mol. The summed E-state index contributed by atoms with van der Waals surface area (Å²) in [7, 11) is 0.0920. The molecule has 54 valence electrons. The third-order valence-corrected chi connectivity index (χ3v) is 2.88. The van der Waals surface area contributed by atoms with Crippen LogP contribution in [0.5, 0.6) is 0 Å². The van der Waals surface area contributed by atoms with E-state index in [1.54, 1.807) is 0 Å². The molecule has 0 amide bonds. The minimum atomic E-state index is 0.0920. The zero-order valence-corrected chi connectivity index (χ0v) is 7.65. The quantitative estimate of drug-likeness (QED) is 0.542. The lowest BCUT2D eigenvalue weighted by Gasteiger charge is -2.04. The molecule has 0 nitrogen and oxygen atoms in total. The van der Waals surface area contributed by atoms with E-state index in [1.807, 2.05) is 0 Å². The van der Waals surface area contributed by atoms with Crippen molar-refractivity contribution in [3.05, 3.63) is 29.8 Å². The van der Waals surface area contributed by atoms with Crippen molar-refractivity contribution in [1.82, 2.24) is 0 Å². The van der Waals surface area contributed by atoms with Crippen LogP contribution in [0.2, 0.25) is 0 Å². The summed E-state index contributed by atoms with van der Waals surface area (Å²) < 4.78 is 0. The highest BCUT2D eigenvalue weighted by molar-refractivity contribution is 7.64. The monoisotopic (exact) mass is 152 g/mol. The van der Waals surface area contributed by atoms with Gasteiger partial charge in [0.25, 0.3) is 0 Å². The Morgan fingerprint density at radius 1 is 1.00 bits per heavy atom. The van der Waals surface area contributed by atoms with Crippen molar-refractivity contribution in [2.75, 3.05) is 13.3 Å². The Balaban J connectivity index is 2.89. The van der Waals surface area contributed by atoms with Gasteiger partial charge in [0, 0.05) is 0 Å². The van der Waals surface area contributed by atoms with E-state index in [0.717, 1.165) is 0 Å². The van der Waals surface area contributed by atoms with Gasteiger partial charge in [0.05, 0.1) is 0 Å². The first kappa shape index (κ1) is 7.75. The van der Waals surface area contributed by atoms with Crippen LogP contribution in [0.4, 0.5) is 0 Å². The lowest BCUT2D eigenvalue weighted by atomic mass is 10.2. The van der Waals surface area contributed by atoms with Gasteiger partial charge in [0.1, 0.15) is 0 Å². The molecule has 10 heavy (non-hydrogen) atoms. The van der Waals surface area contributed by atoms with Gasteiger partial charge in [-0.2, -0.15) is 0 Å². The summed E-state index contributed by atoms with van der Waals surface area (Å²) in [5, 5.41) is 1.49. The summed E-state index contributed by atoms with van der Waals surface area (Å²) in [5.74, 6) is 0. The molecule has 1 heteroatoms. The summed E-state index contributed by atoms with van der Waals surface area (Å²) >= 11 is 0. The van der Waals surface area contributed by atoms with Crippen LogP contribution in [-0.4, -0.2) is 13.3 Å². The predicted octanol–water partition coefficient (Wildman–Crippen LogP) is 2.36. The Morgan fingerprint density at radius 2 is 1.50 bits per heavy atom. The van der Waals surface area contributed by atoms with Crippen LogP contribution in [-0.2, 0) is 0 Å². The molecule has 0 radical (unpaired) electrons. The summed E-state index contributed by atoms with van der Waals surface area (Å²) in [6, 6.07) is 8.80. The van der Waals surface area contributed by atoms with Gasteiger partial charge < -0.3 is 0 Å². The van der Waals surface area contributed by atoms with Crippen LogP contribution in [0.25, 0.3) is 0 Å². The Bertz CT molecular complexity index is 198. The highest BCUT2D eigenvalue weighted by Gasteiger charge is 1.94. The second-order valence-electron chi connectivity index (χ2n) is 2.73. The van der Waals surface area contributed by atoms with Crippen molar-refractivity contribution in [1.29, 1.82) is 0 Å². The van der Waals surface area contributed by atoms with Crippen LogP contribution in [0.1, 0.15) is 5.56 Å². The number of aryl methyl sites for hydroxylation is 1. The number of hydrogen-bond donors (Lipinski definition) is 0. The average molecular weight is 152 g/mol. The molecule has 0 N–H and O–H groups in total. The summed E-state index contributed by atoms with van der Waals surface area (Å²) in [4.78, 5) is 0. The highest BCUT2D eigenvalue weighted by atomic mass is 31.1. The first-order valence-electron chi connectivity index (χ1n) is 3.44. The SMILES string of the molecule is Cc1ccc(P(C)C)cc1. The molecule has 0 fully saturated rings. The molecule has 1 aromatic carbocycles. The van der Waals surface area contributed by atoms with Crippen molar-refractivity contribution in [3.8, 4) is 0 Å². The van der Waals surface area contributed by atoms with E-state index in [9.17, 15) is 0 Å². The van der Waals surface area contributed by atoms with Crippen LogP contribution >= 0.6 is 7.92 Å². The second-order valence-corrected chi connectivity index (χ2v) is 5.04. The Morgan fingerprint density at radius 3 is 1.90 bits per heavy atom. The van der Waals surface area contributed by atoms with Gasteiger partial charge in [0.15, 0.2) is 0 Å². The number of rotatable bonds is 1. The van der Waals surface area contributed by atoms with Gasteiger partial charge >= 0.3 is 0 Å². The third kappa shape index (κ3) is 1.82. The molecular weight excluding hydrogens is 139 g/mol. The Hall–Kier alpha value is -0.350. The Labute approximate surface area is 64.0 Å². The average Bonchev–Trinajstić information content (AvgIpc) is 1.88. The summed E-state index contributed by atoms with van der Waals surface area (Å²) in [6.45, 7) is 6.68. The van der Waals surface area contributed by atoms with E-state index in [0.29, 0.717) is 0 Å². The minimum Gasteiger partial charge on any atom is -0.0817 e. The third-order valence-electron chi connectivity index (χ3n) is 1.55. The topological polar surface area (TPSA) is 0 Å². The summed E-state index contributed by atoms with van der Waals surface area (Å²) in [5.41, 5.74) is 1.35. The molecule has 0 saturated carbocycles. The van der Waals surface area contributed by atoms with Crippen LogP contribution < -0.4 is 5.30 Å². The number of benzene rings is 1. The van der Waals surface area contributed by atoms with E-state index in [2.05, 4.69) is 44.5 Å². The zero-order valence-electron chi connectivity index (χ0n) is 6.76. The maximum atomic E-state index is 2.28. The van der Waals surface area contributed by atoms with Gasteiger partial charge in [-0.25, -0.2) is 0 Å². The van der Waals surface area contributed by atoms with Gasteiger partial charge in [0.2, 0.25) is 0 Å². The molecular formula is C9H13P. The molecule has 0 heterocycles. The van der Waals surface area contributed by atoms with Crippen molar-refractivity contribution in [3.63, 3.8) is 0 Å². The largest absolute Gasteiger partial charge is 0.0817 e. The van der Waals surface area contributed by atoms with Crippen molar-refractivity contribution in [2.24, 2.45) is 0 Å². The van der Waals surface area contributed by atoms with Gasteiger partial charge in [-0.1, -0.05) is 37.8 Å². The van der Waals surface area contributed by atoms with Gasteiger partial charge in [-0.15, -0.1) is 0 Å². The van der Waals surface area contributed by atoms with E-state index >= 15 is 0 Å². The van der Waals surface area contributed by atoms with Gasteiger partial charge in [-0.05, 0) is 25.6 Å². The number of hydrogen-bond acceptors (Lipinski definition) is 0. The minimum absolute atomic E-state index is 0.0920. The van der Waals surface area contributed by atoms with Gasteiger partial charge in [-0.3, -0.25) is 0 Å². The first-order chi connectivity index (χ1) is 4.70. The summed E-state index contributed by atoms with van der Waals surface area (Å²) in [6.07, 6.45) is 0. The van der Waals surface area contributed by atoms with E-state index in [1.165, 1.54) is 10.9 Å². The normalized spacial score (nSPS) is 10.4.